The number of esters is 1. The van der Waals surface area contributed by atoms with Gasteiger partial charge < -0.3 is 4.74 Å². The van der Waals surface area contributed by atoms with Gasteiger partial charge in [0.25, 0.3) is 0 Å². The Morgan fingerprint density at radius 3 is 1.74 bits per heavy atom. The molecule has 0 amide bonds. The van der Waals surface area contributed by atoms with Crippen LogP contribution in [-0.2, 0) is 19.1 Å². The van der Waals surface area contributed by atoms with Gasteiger partial charge in [-0.05, 0) is 6.92 Å². The van der Waals surface area contributed by atoms with Crippen molar-refractivity contribution >= 4 is 17.5 Å². The zero-order chi connectivity index (χ0) is 15.2. The van der Waals surface area contributed by atoms with Crippen LogP contribution in [0, 0.1) is 22.7 Å². The van der Waals surface area contributed by atoms with Crippen molar-refractivity contribution < 1.29 is 19.1 Å². The van der Waals surface area contributed by atoms with Crippen LogP contribution in [0.2, 0.25) is 0 Å². The van der Waals surface area contributed by atoms with E-state index in [1.807, 2.05) is 0 Å². The Balaban J connectivity index is 3.17. The molecule has 1 saturated heterocycles. The number of ketones is 2. The molecule has 4 nitrogen and oxygen atoms in total. The normalized spacial score (nSPS) is 28.2. The average molecular weight is 268 g/mol. The van der Waals surface area contributed by atoms with Crippen LogP contribution in [0.1, 0.15) is 48.5 Å². The molecule has 3 atom stereocenters. The minimum Gasteiger partial charge on any atom is -0.461 e. The Bertz CT molecular complexity index is 409. The van der Waals surface area contributed by atoms with E-state index in [9.17, 15) is 14.4 Å². The van der Waals surface area contributed by atoms with Crippen molar-refractivity contribution in [2.75, 3.05) is 0 Å². The molecule has 0 bridgehead atoms. The van der Waals surface area contributed by atoms with Gasteiger partial charge in [0.15, 0.2) is 5.78 Å². The van der Waals surface area contributed by atoms with Crippen molar-refractivity contribution in [2.24, 2.45) is 22.7 Å². The maximum Gasteiger partial charge on any atom is 0.317 e. The van der Waals surface area contributed by atoms with Crippen LogP contribution in [0.4, 0.5) is 0 Å². The van der Waals surface area contributed by atoms with Crippen molar-refractivity contribution in [2.45, 2.75) is 54.6 Å². The third-order valence-electron chi connectivity index (χ3n) is 3.48. The lowest BCUT2D eigenvalue weighted by Crippen LogP contribution is -2.42. The van der Waals surface area contributed by atoms with Crippen LogP contribution < -0.4 is 0 Å². The number of hydrogen-bond donors (Lipinski definition) is 0. The molecule has 1 rings (SSSR count). The number of carbonyl (C=O) groups is 3. The molecule has 1 aliphatic heterocycles. The first kappa shape index (κ1) is 15.9. The van der Waals surface area contributed by atoms with Crippen molar-refractivity contribution in [3.05, 3.63) is 0 Å². The summed E-state index contributed by atoms with van der Waals surface area (Å²) >= 11 is 0. The molecule has 1 aliphatic rings. The lowest BCUT2D eigenvalue weighted by Gasteiger charge is -2.28. The molecule has 1 fully saturated rings. The molecule has 0 aromatic heterocycles. The first-order valence-corrected chi connectivity index (χ1v) is 6.66. The van der Waals surface area contributed by atoms with Crippen molar-refractivity contribution in [1.82, 2.24) is 0 Å². The summed E-state index contributed by atoms with van der Waals surface area (Å²) < 4.78 is 5.14. The summed E-state index contributed by atoms with van der Waals surface area (Å²) in [7, 11) is 0. The van der Waals surface area contributed by atoms with Crippen LogP contribution in [-0.4, -0.2) is 23.6 Å². The zero-order valence-corrected chi connectivity index (χ0v) is 12.9. The summed E-state index contributed by atoms with van der Waals surface area (Å²) in [4.78, 5) is 36.8. The van der Waals surface area contributed by atoms with Crippen molar-refractivity contribution in [1.29, 1.82) is 0 Å². The fraction of sp³-hybridized carbons (Fsp3) is 0.800. The Labute approximate surface area is 114 Å². The maximum atomic E-state index is 12.5. The minimum atomic E-state index is -0.957. The van der Waals surface area contributed by atoms with Crippen LogP contribution in [0.5, 0.6) is 0 Å². The van der Waals surface area contributed by atoms with Crippen LogP contribution in [0.25, 0.3) is 0 Å². The molecule has 108 valence electrons. The van der Waals surface area contributed by atoms with E-state index in [-0.39, 0.29) is 11.6 Å². The van der Waals surface area contributed by atoms with Gasteiger partial charge >= 0.3 is 5.97 Å². The molecular weight excluding hydrogens is 244 g/mol. The van der Waals surface area contributed by atoms with Gasteiger partial charge in [-0.3, -0.25) is 14.4 Å². The second kappa shape index (κ2) is 4.73. The van der Waals surface area contributed by atoms with Gasteiger partial charge in [0, 0.05) is 10.8 Å². The van der Waals surface area contributed by atoms with Crippen LogP contribution in [0.15, 0.2) is 0 Å². The molecular formula is C15H24O4. The summed E-state index contributed by atoms with van der Waals surface area (Å²) in [5, 5.41) is 0. The van der Waals surface area contributed by atoms with Gasteiger partial charge in [0.05, 0.1) is 5.92 Å². The largest absolute Gasteiger partial charge is 0.461 e. The summed E-state index contributed by atoms with van der Waals surface area (Å²) in [6.07, 6.45) is -0.532. The summed E-state index contributed by atoms with van der Waals surface area (Å²) in [6, 6.07) is 0. The fourth-order valence-corrected chi connectivity index (χ4v) is 2.35. The van der Waals surface area contributed by atoms with Gasteiger partial charge in [-0.25, -0.2) is 0 Å². The Hall–Kier alpha value is -1.19. The smallest absolute Gasteiger partial charge is 0.317 e. The SMILES string of the molecule is C[C@H]1OC(=O)[C@@H](C(=O)C(C)(C)C)[C@@H]1C(=O)C(C)(C)C. The quantitative estimate of drug-likeness (QED) is 0.570. The number of ether oxygens (including phenoxy) is 1. The Morgan fingerprint density at radius 1 is 0.947 bits per heavy atom. The summed E-state index contributed by atoms with van der Waals surface area (Å²) in [6.45, 7) is 12.3. The molecule has 0 saturated carbocycles. The third-order valence-corrected chi connectivity index (χ3v) is 3.48. The molecule has 0 spiro atoms. The summed E-state index contributed by atoms with van der Waals surface area (Å²) in [5.74, 6) is -2.49. The van der Waals surface area contributed by atoms with Gasteiger partial charge in [0.1, 0.15) is 17.8 Å². The molecule has 0 aromatic carbocycles. The minimum absolute atomic E-state index is 0.0894. The number of hydrogen-bond acceptors (Lipinski definition) is 4. The zero-order valence-electron chi connectivity index (χ0n) is 12.9. The fourth-order valence-electron chi connectivity index (χ4n) is 2.35. The van der Waals surface area contributed by atoms with E-state index in [0.29, 0.717) is 0 Å². The summed E-state index contributed by atoms with van der Waals surface area (Å²) in [5.41, 5.74) is -1.26. The molecule has 0 radical (unpaired) electrons. The molecule has 1 heterocycles. The van der Waals surface area contributed by atoms with Gasteiger partial charge in [-0.2, -0.15) is 0 Å². The van der Waals surface area contributed by atoms with E-state index >= 15 is 0 Å². The number of cyclic esters (lactones) is 1. The molecule has 19 heavy (non-hydrogen) atoms. The maximum absolute atomic E-state index is 12.5. The lowest BCUT2D eigenvalue weighted by atomic mass is 9.71. The Kier molecular flexibility index (Phi) is 3.95. The standard InChI is InChI=1S/C15H24O4/c1-8-9(11(16)14(2,3)4)10(13(18)19-8)12(17)15(5,6)7/h8-10H,1-7H3/t8-,9-,10-/m1/s1. The van der Waals surface area contributed by atoms with E-state index in [0.717, 1.165) is 0 Å². The third kappa shape index (κ3) is 3.04. The first-order valence-electron chi connectivity index (χ1n) is 6.66. The molecule has 4 heteroatoms. The highest BCUT2D eigenvalue weighted by atomic mass is 16.6. The van der Waals surface area contributed by atoms with Crippen molar-refractivity contribution in [3.63, 3.8) is 0 Å². The Morgan fingerprint density at radius 2 is 1.37 bits per heavy atom. The van der Waals surface area contributed by atoms with Gasteiger partial charge in [0.2, 0.25) is 0 Å². The second-order valence-electron chi connectivity index (χ2n) is 7.37. The highest BCUT2D eigenvalue weighted by Crippen LogP contribution is 2.38. The predicted octanol–water partition coefficient (Wildman–Crippen LogP) is 2.39. The van der Waals surface area contributed by atoms with Gasteiger partial charge in [-0.15, -0.1) is 0 Å². The monoisotopic (exact) mass is 268 g/mol. The van der Waals surface area contributed by atoms with Crippen LogP contribution in [0.3, 0.4) is 0 Å². The number of rotatable bonds is 2. The highest BCUT2D eigenvalue weighted by molar-refractivity contribution is 6.07. The van der Waals surface area contributed by atoms with E-state index in [1.165, 1.54) is 0 Å². The van der Waals surface area contributed by atoms with E-state index in [2.05, 4.69) is 0 Å². The van der Waals surface area contributed by atoms with Gasteiger partial charge in [-0.1, -0.05) is 41.5 Å². The highest BCUT2D eigenvalue weighted by Gasteiger charge is 2.54. The second-order valence-corrected chi connectivity index (χ2v) is 7.37. The molecule has 0 aromatic rings. The number of Topliss-reactive ketones (excluding diaryl/α,β-unsaturated/α-hetero) is 2. The molecule has 0 N–H and O–H groups in total. The number of carbonyl (C=O) groups excluding carboxylic acids is 3. The van der Waals surface area contributed by atoms with Crippen molar-refractivity contribution in [3.8, 4) is 0 Å². The topological polar surface area (TPSA) is 60.4 Å². The predicted molar refractivity (Wildman–Crippen MR) is 71.5 cm³/mol. The molecule has 0 unspecified atom stereocenters. The van der Waals surface area contributed by atoms with E-state index in [1.54, 1.807) is 48.5 Å². The average Bonchev–Trinajstić information content (AvgIpc) is 2.48. The van der Waals surface area contributed by atoms with E-state index < -0.39 is 34.7 Å². The lowest BCUT2D eigenvalue weighted by molar-refractivity contribution is -0.149. The first-order chi connectivity index (χ1) is 8.37. The van der Waals surface area contributed by atoms with Crippen LogP contribution >= 0.6 is 0 Å². The molecule has 0 aliphatic carbocycles. The van der Waals surface area contributed by atoms with E-state index in [4.69, 9.17) is 4.74 Å².